The number of carbonyl (C=O) groups is 1. The number of aliphatic hydroxyl groups is 1. The van der Waals surface area contributed by atoms with Gasteiger partial charge in [0.05, 0.1) is 19.9 Å². The van der Waals surface area contributed by atoms with Crippen molar-refractivity contribution in [3.05, 3.63) is 12.1 Å². The Kier molecular flexibility index (Phi) is 8.82. The summed E-state index contributed by atoms with van der Waals surface area (Å²) in [6.07, 6.45) is 2.87. The van der Waals surface area contributed by atoms with Crippen molar-refractivity contribution in [2.45, 2.75) is 32.7 Å². The number of ether oxygens (including phenoxy) is 2. The van der Waals surface area contributed by atoms with E-state index in [2.05, 4.69) is 10.1 Å². The molecule has 0 spiro atoms. The summed E-state index contributed by atoms with van der Waals surface area (Å²) in [6, 6.07) is -0.449. The molecule has 0 fully saturated rings. The van der Waals surface area contributed by atoms with Gasteiger partial charge in [-0.05, 0) is 18.8 Å². The Balaban J connectivity index is 4.10. The van der Waals surface area contributed by atoms with Crippen molar-refractivity contribution in [2.75, 3.05) is 20.3 Å². The van der Waals surface area contributed by atoms with Crippen molar-refractivity contribution in [1.82, 2.24) is 5.32 Å². The molecule has 0 heterocycles. The Morgan fingerprint density at radius 1 is 1.44 bits per heavy atom. The largest absolute Gasteiger partial charge is 0.478 e. The van der Waals surface area contributed by atoms with Gasteiger partial charge in [-0.25, -0.2) is 4.79 Å². The third-order valence-electron chi connectivity index (χ3n) is 2.35. The highest BCUT2D eigenvalue weighted by atomic mass is 16.5. The van der Waals surface area contributed by atoms with Crippen LogP contribution >= 0.6 is 0 Å². The second-order valence-corrected chi connectivity index (χ2v) is 4.24. The molecule has 0 saturated heterocycles. The molecule has 6 nitrogen and oxygen atoms in total. The molecular formula is C12H24N2O4. The molecule has 0 aliphatic carbocycles. The number of nitrogens with one attached hydrogen (secondary N) is 1. The summed E-state index contributed by atoms with van der Waals surface area (Å²) < 4.78 is 9.88. The van der Waals surface area contributed by atoms with Gasteiger partial charge in [0.25, 0.3) is 0 Å². The SMILES string of the molecule is COC(=O)C(N/C=C(\N)OCCCCO)C(C)C. The van der Waals surface area contributed by atoms with Crippen molar-refractivity contribution in [3.63, 3.8) is 0 Å². The molecule has 0 aromatic rings. The van der Waals surface area contributed by atoms with Crippen LogP contribution in [-0.2, 0) is 14.3 Å². The maximum absolute atomic E-state index is 11.4. The predicted octanol–water partition coefficient (Wildman–Crippen LogP) is 0.320. The van der Waals surface area contributed by atoms with Gasteiger partial charge in [0, 0.05) is 6.61 Å². The first-order valence-corrected chi connectivity index (χ1v) is 6.06. The zero-order chi connectivity index (χ0) is 14.0. The molecule has 0 aromatic carbocycles. The van der Waals surface area contributed by atoms with Crippen molar-refractivity contribution in [2.24, 2.45) is 11.7 Å². The first kappa shape index (κ1) is 16.6. The molecule has 4 N–H and O–H groups in total. The van der Waals surface area contributed by atoms with E-state index in [-0.39, 0.29) is 24.4 Å². The number of aliphatic hydroxyl groups excluding tert-OH is 1. The predicted molar refractivity (Wildman–Crippen MR) is 68.3 cm³/mol. The van der Waals surface area contributed by atoms with Gasteiger partial charge in [-0.15, -0.1) is 0 Å². The van der Waals surface area contributed by atoms with E-state index < -0.39 is 6.04 Å². The lowest BCUT2D eigenvalue weighted by Gasteiger charge is -2.18. The molecule has 106 valence electrons. The Labute approximate surface area is 108 Å². The van der Waals surface area contributed by atoms with Crippen LogP contribution in [-0.4, -0.2) is 37.4 Å². The maximum Gasteiger partial charge on any atom is 0.328 e. The molecule has 0 bridgehead atoms. The third kappa shape index (κ3) is 7.01. The Morgan fingerprint density at radius 3 is 2.61 bits per heavy atom. The molecule has 0 rings (SSSR count). The van der Waals surface area contributed by atoms with E-state index in [0.717, 1.165) is 6.42 Å². The van der Waals surface area contributed by atoms with E-state index in [1.807, 2.05) is 13.8 Å². The number of unbranched alkanes of at least 4 members (excludes halogenated alkanes) is 1. The summed E-state index contributed by atoms with van der Waals surface area (Å²) in [5.41, 5.74) is 5.61. The van der Waals surface area contributed by atoms with E-state index >= 15 is 0 Å². The molecule has 0 amide bonds. The number of methoxy groups -OCH3 is 1. The van der Waals surface area contributed by atoms with E-state index in [9.17, 15) is 4.79 Å². The lowest BCUT2D eigenvalue weighted by atomic mass is 10.1. The highest BCUT2D eigenvalue weighted by Crippen LogP contribution is 2.04. The summed E-state index contributed by atoms with van der Waals surface area (Å²) >= 11 is 0. The Morgan fingerprint density at radius 2 is 2.11 bits per heavy atom. The van der Waals surface area contributed by atoms with Gasteiger partial charge in [0.1, 0.15) is 6.04 Å². The van der Waals surface area contributed by atoms with Crippen LogP contribution in [0.2, 0.25) is 0 Å². The molecule has 1 unspecified atom stereocenters. The van der Waals surface area contributed by atoms with Gasteiger partial charge in [-0.2, -0.15) is 0 Å². The first-order valence-electron chi connectivity index (χ1n) is 6.06. The van der Waals surface area contributed by atoms with E-state index in [4.69, 9.17) is 15.6 Å². The third-order valence-corrected chi connectivity index (χ3v) is 2.35. The maximum atomic E-state index is 11.4. The number of carbonyl (C=O) groups excluding carboxylic acids is 1. The lowest BCUT2D eigenvalue weighted by Crippen LogP contribution is -2.39. The minimum Gasteiger partial charge on any atom is -0.478 e. The standard InChI is InChI=1S/C12H24N2O4/c1-9(2)11(12(16)17-3)14-8-10(13)18-7-5-4-6-15/h8-9,11,14-15H,4-7,13H2,1-3H3/b10-8+. The molecule has 0 saturated carbocycles. The minimum atomic E-state index is -0.449. The number of nitrogens with two attached hydrogens (primary N) is 1. The number of rotatable bonds is 9. The number of hydrogen-bond donors (Lipinski definition) is 3. The highest BCUT2D eigenvalue weighted by Gasteiger charge is 2.21. The van der Waals surface area contributed by atoms with Gasteiger partial charge in [-0.3, -0.25) is 0 Å². The first-order chi connectivity index (χ1) is 8.52. The average Bonchev–Trinajstić information content (AvgIpc) is 2.34. The summed E-state index contributed by atoms with van der Waals surface area (Å²) in [5.74, 6) is -0.0484. The van der Waals surface area contributed by atoms with Gasteiger partial charge in [0.2, 0.25) is 0 Å². The topological polar surface area (TPSA) is 93.8 Å². The summed E-state index contributed by atoms with van der Waals surface area (Å²) in [7, 11) is 1.35. The Hall–Kier alpha value is -1.43. The van der Waals surface area contributed by atoms with Crippen LogP contribution < -0.4 is 11.1 Å². The second-order valence-electron chi connectivity index (χ2n) is 4.24. The normalized spacial score (nSPS) is 13.3. The molecular weight excluding hydrogens is 236 g/mol. The molecule has 6 heteroatoms. The van der Waals surface area contributed by atoms with Crippen LogP contribution in [0.5, 0.6) is 0 Å². The van der Waals surface area contributed by atoms with Crippen LogP contribution in [0, 0.1) is 5.92 Å². The lowest BCUT2D eigenvalue weighted by molar-refractivity contribution is -0.144. The highest BCUT2D eigenvalue weighted by molar-refractivity contribution is 5.76. The zero-order valence-electron chi connectivity index (χ0n) is 11.3. The van der Waals surface area contributed by atoms with Crippen LogP contribution in [0.3, 0.4) is 0 Å². The van der Waals surface area contributed by atoms with Crippen LogP contribution in [0.25, 0.3) is 0 Å². The second kappa shape index (κ2) is 9.58. The molecule has 0 aliphatic rings. The monoisotopic (exact) mass is 260 g/mol. The quantitative estimate of drug-likeness (QED) is 0.314. The number of hydrogen-bond acceptors (Lipinski definition) is 6. The molecule has 0 aromatic heterocycles. The zero-order valence-corrected chi connectivity index (χ0v) is 11.3. The summed E-state index contributed by atoms with van der Waals surface area (Å²) in [5, 5.41) is 11.5. The van der Waals surface area contributed by atoms with Crippen LogP contribution in [0.1, 0.15) is 26.7 Å². The van der Waals surface area contributed by atoms with E-state index in [1.165, 1.54) is 13.3 Å². The van der Waals surface area contributed by atoms with E-state index in [1.54, 1.807) is 0 Å². The van der Waals surface area contributed by atoms with Crippen molar-refractivity contribution >= 4 is 5.97 Å². The molecule has 0 aliphatic heterocycles. The fraction of sp³-hybridized carbons (Fsp3) is 0.750. The molecule has 18 heavy (non-hydrogen) atoms. The van der Waals surface area contributed by atoms with Crippen molar-refractivity contribution < 1.29 is 19.4 Å². The van der Waals surface area contributed by atoms with Gasteiger partial charge >= 0.3 is 5.97 Å². The van der Waals surface area contributed by atoms with Gasteiger partial charge < -0.3 is 25.6 Å². The van der Waals surface area contributed by atoms with Gasteiger partial charge in [0.15, 0.2) is 5.88 Å². The van der Waals surface area contributed by atoms with Crippen LogP contribution in [0.4, 0.5) is 0 Å². The van der Waals surface area contributed by atoms with Crippen LogP contribution in [0.15, 0.2) is 12.1 Å². The fourth-order valence-electron chi connectivity index (χ4n) is 1.28. The molecule has 0 radical (unpaired) electrons. The van der Waals surface area contributed by atoms with Gasteiger partial charge in [-0.1, -0.05) is 13.8 Å². The average molecular weight is 260 g/mol. The summed E-state index contributed by atoms with van der Waals surface area (Å²) in [6.45, 7) is 4.39. The fourth-order valence-corrected chi connectivity index (χ4v) is 1.28. The van der Waals surface area contributed by atoms with Crippen molar-refractivity contribution in [1.29, 1.82) is 0 Å². The smallest absolute Gasteiger partial charge is 0.328 e. The number of esters is 1. The van der Waals surface area contributed by atoms with Crippen molar-refractivity contribution in [3.8, 4) is 0 Å². The van der Waals surface area contributed by atoms with E-state index in [0.29, 0.717) is 13.0 Å². The minimum absolute atomic E-state index is 0.0795. The summed E-state index contributed by atoms with van der Waals surface area (Å²) in [4.78, 5) is 11.4. The Bertz CT molecular complexity index is 267. The molecule has 1 atom stereocenters.